The van der Waals surface area contributed by atoms with Crippen LogP contribution >= 0.6 is 12.6 Å². The molecule has 3 amide bonds. The molecule has 6 atom stereocenters. The lowest BCUT2D eigenvalue weighted by molar-refractivity contribution is -0.142. The van der Waals surface area contributed by atoms with Crippen LogP contribution in [0.1, 0.15) is 13.8 Å². The Labute approximate surface area is 160 Å². The molecule has 0 aromatic heterocycles. The Morgan fingerprint density at radius 1 is 0.926 bits per heavy atom. The van der Waals surface area contributed by atoms with E-state index in [0.29, 0.717) is 0 Å². The number of carbonyl (C=O) groups is 4. The van der Waals surface area contributed by atoms with E-state index in [1.54, 1.807) is 0 Å². The Morgan fingerprint density at radius 3 is 1.81 bits per heavy atom. The highest BCUT2D eigenvalue weighted by atomic mass is 32.1. The van der Waals surface area contributed by atoms with E-state index in [0.717, 1.165) is 0 Å². The normalized spacial score (nSPS) is 17.6. The van der Waals surface area contributed by atoms with Crippen molar-refractivity contribution in [3.63, 3.8) is 0 Å². The van der Waals surface area contributed by atoms with Crippen molar-refractivity contribution >= 4 is 36.3 Å². The zero-order valence-electron chi connectivity index (χ0n) is 14.8. The molecule has 0 fully saturated rings. The first-order chi connectivity index (χ1) is 12.5. The van der Waals surface area contributed by atoms with E-state index < -0.39 is 66.7 Å². The maximum absolute atomic E-state index is 12.3. The first-order valence-electron chi connectivity index (χ1n) is 7.93. The lowest BCUT2D eigenvalue weighted by atomic mass is 10.1. The van der Waals surface area contributed by atoms with Crippen LogP contribution in [0.5, 0.6) is 0 Å². The highest BCUT2D eigenvalue weighted by Gasteiger charge is 2.32. The molecule has 0 rings (SSSR count). The summed E-state index contributed by atoms with van der Waals surface area (Å²) in [6, 6.07) is -5.78. The van der Waals surface area contributed by atoms with Crippen molar-refractivity contribution in [2.75, 3.05) is 12.4 Å². The number of nitrogens with two attached hydrogens (primary N) is 1. The minimum absolute atomic E-state index is 0.225. The van der Waals surface area contributed by atoms with Gasteiger partial charge in [-0.15, -0.1) is 0 Å². The van der Waals surface area contributed by atoms with E-state index in [4.69, 9.17) is 10.8 Å². The molecule has 0 bridgehead atoms. The molecule has 0 saturated carbocycles. The van der Waals surface area contributed by atoms with Gasteiger partial charge in [-0.2, -0.15) is 12.6 Å². The molecule has 12 nitrogen and oxygen atoms in total. The lowest BCUT2D eigenvalue weighted by Gasteiger charge is -2.26. The number of aliphatic hydroxyl groups excluding tert-OH is 3. The predicted molar refractivity (Wildman–Crippen MR) is 95.7 cm³/mol. The topological polar surface area (TPSA) is 211 Å². The molecule has 9 N–H and O–H groups in total. The Kier molecular flexibility index (Phi) is 10.9. The van der Waals surface area contributed by atoms with Crippen molar-refractivity contribution in [3.05, 3.63) is 0 Å². The Hall–Kier alpha value is -1.93. The van der Waals surface area contributed by atoms with Crippen LogP contribution in [0, 0.1) is 0 Å². The van der Waals surface area contributed by atoms with E-state index in [-0.39, 0.29) is 5.75 Å². The van der Waals surface area contributed by atoms with Gasteiger partial charge in [0, 0.05) is 5.75 Å². The minimum Gasteiger partial charge on any atom is -0.480 e. The second kappa shape index (κ2) is 11.7. The Bertz CT molecular complexity index is 545. The number of rotatable bonds is 11. The maximum atomic E-state index is 12.3. The van der Waals surface area contributed by atoms with Gasteiger partial charge in [-0.3, -0.25) is 14.4 Å². The van der Waals surface area contributed by atoms with Gasteiger partial charge in [0.05, 0.1) is 18.8 Å². The number of aliphatic hydroxyl groups is 3. The average molecular weight is 410 g/mol. The standard InChI is InChI=1S/C14H26N4O8S/c1-5(20)9(15)12(23)18-10(6(2)21)13(24)16-7(3-19)11(22)17-8(4-27)14(25)26/h5-10,19-21,27H,3-4,15H2,1-2H3,(H,16,24)(H,17,22)(H,18,23)(H,25,26). The first kappa shape index (κ1) is 25.1. The fourth-order valence-electron chi connectivity index (χ4n) is 1.79. The third kappa shape index (κ3) is 8.09. The van der Waals surface area contributed by atoms with Crippen LogP contribution in [0.4, 0.5) is 0 Å². The molecule has 0 spiro atoms. The molecule has 0 aromatic rings. The smallest absolute Gasteiger partial charge is 0.327 e. The van der Waals surface area contributed by atoms with Gasteiger partial charge in [-0.1, -0.05) is 0 Å². The van der Waals surface area contributed by atoms with E-state index in [1.165, 1.54) is 13.8 Å². The third-order valence-electron chi connectivity index (χ3n) is 3.50. The second-order valence-corrected chi connectivity index (χ2v) is 6.18. The molecule has 0 aliphatic rings. The van der Waals surface area contributed by atoms with Crippen molar-refractivity contribution in [2.24, 2.45) is 5.73 Å². The van der Waals surface area contributed by atoms with Crippen molar-refractivity contribution in [2.45, 2.75) is 50.2 Å². The molecular formula is C14H26N4O8S. The molecule has 13 heteroatoms. The highest BCUT2D eigenvalue weighted by molar-refractivity contribution is 7.80. The van der Waals surface area contributed by atoms with Gasteiger partial charge in [0.15, 0.2) is 0 Å². The molecule has 0 aliphatic heterocycles. The summed E-state index contributed by atoms with van der Waals surface area (Å²) in [5.74, 6) is -4.53. The maximum Gasteiger partial charge on any atom is 0.327 e. The van der Waals surface area contributed by atoms with Crippen molar-refractivity contribution in [1.82, 2.24) is 16.0 Å². The van der Waals surface area contributed by atoms with Crippen LogP contribution in [-0.2, 0) is 19.2 Å². The molecular weight excluding hydrogens is 384 g/mol. The number of carboxylic acids is 1. The fourth-order valence-corrected chi connectivity index (χ4v) is 2.03. The zero-order valence-corrected chi connectivity index (χ0v) is 15.7. The van der Waals surface area contributed by atoms with Crippen LogP contribution in [0.3, 0.4) is 0 Å². The molecule has 0 aliphatic carbocycles. The van der Waals surface area contributed by atoms with Gasteiger partial charge in [-0.25, -0.2) is 4.79 Å². The SMILES string of the molecule is CC(O)C(N)C(=O)NC(C(=O)NC(CO)C(=O)NC(CS)C(=O)O)C(C)O. The zero-order chi connectivity index (χ0) is 21.3. The Morgan fingerprint density at radius 2 is 1.44 bits per heavy atom. The first-order valence-corrected chi connectivity index (χ1v) is 8.56. The van der Waals surface area contributed by atoms with Gasteiger partial charge < -0.3 is 42.1 Å². The molecule has 0 heterocycles. The number of thiol groups is 1. The number of amides is 3. The predicted octanol–water partition coefficient (Wildman–Crippen LogP) is -4.46. The van der Waals surface area contributed by atoms with Gasteiger partial charge in [0.25, 0.3) is 0 Å². The minimum atomic E-state index is -1.54. The average Bonchev–Trinajstić information content (AvgIpc) is 2.59. The van der Waals surface area contributed by atoms with Gasteiger partial charge >= 0.3 is 5.97 Å². The van der Waals surface area contributed by atoms with Gasteiger partial charge in [0.2, 0.25) is 17.7 Å². The number of hydrogen-bond donors (Lipinski definition) is 9. The summed E-state index contributed by atoms with van der Waals surface area (Å²) >= 11 is 3.77. The number of nitrogens with one attached hydrogen (secondary N) is 3. The summed E-state index contributed by atoms with van der Waals surface area (Å²) in [6.45, 7) is 1.58. The second-order valence-electron chi connectivity index (χ2n) is 5.82. The van der Waals surface area contributed by atoms with Crippen molar-refractivity contribution < 1.29 is 39.6 Å². The summed E-state index contributed by atoms with van der Waals surface area (Å²) in [6.07, 6.45) is -2.62. The summed E-state index contributed by atoms with van der Waals surface area (Å²) < 4.78 is 0. The number of carbonyl (C=O) groups excluding carboxylic acids is 3. The third-order valence-corrected chi connectivity index (χ3v) is 3.86. The quantitative estimate of drug-likeness (QED) is 0.150. The van der Waals surface area contributed by atoms with Gasteiger partial charge in [0.1, 0.15) is 24.2 Å². The van der Waals surface area contributed by atoms with E-state index in [1.807, 2.05) is 0 Å². The van der Waals surface area contributed by atoms with E-state index >= 15 is 0 Å². The van der Waals surface area contributed by atoms with E-state index in [9.17, 15) is 34.5 Å². The summed E-state index contributed by atoms with van der Waals surface area (Å²) in [5, 5.41) is 43.5. The number of hydrogen-bond acceptors (Lipinski definition) is 9. The summed E-state index contributed by atoms with van der Waals surface area (Å²) in [4.78, 5) is 47.0. The Balaban J connectivity index is 5.10. The van der Waals surface area contributed by atoms with Crippen molar-refractivity contribution in [3.8, 4) is 0 Å². The molecule has 6 unspecified atom stereocenters. The van der Waals surface area contributed by atoms with Crippen LogP contribution in [0.15, 0.2) is 0 Å². The summed E-state index contributed by atoms with van der Waals surface area (Å²) in [7, 11) is 0. The van der Waals surface area contributed by atoms with Crippen LogP contribution < -0.4 is 21.7 Å². The van der Waals surface area contributed by atoms with Crippen molar-refractivity contribution in [1.29, 1.82) is 0 Å². The lowest BCUT2D eigenvalue weighted by Crippen LogP contribution is -2.61. The van der Waals surface area contributed by atoms with Crippen LogP contribution in [-0.4, -0.2) is 92.9 Å². The number of carboxylic acid groups (broad SMARTS) is 1. The number of aliphatic carboxylic acids is 1. The monoisotopic (exact) mass is 410 g/mol. The molecule has 0 radical (unpaired) electrons. The molecule has 27 heavy (non-hydrogen) atoms. The van der Waals surface area contributed by atoms with E-state index in [2.05, 4.69) is 28.6 Å². The summed E-state index contributed by atoms with van der Waals surface area (Å²) in [5.41, 5.74) is 5.44. The van der Waals surface area contributed by atoms with Gasteiger partial charge in [-0.05, 0) is 13.8 Å². The largest absolute Gasteiger partial charge is 0.480 e. The van der Waals surface area contributed by atoms with Crippen LogP contribution in [0.25, 0.3) is 0 Å². The molecule has 0 aromatic carbocycles. The highest BCUT2D eigenvalue weighted by Crippen LogP contribution is 1.99. The molecule has 156 valence electrons. The molecule has 0 saturated heterocycles. The van der Waals surface area contributed by atoms with Crippen LogP contribution in [0.2, 0.25) is 0 Å². The fraction of sp³-hybridized carbons (Fsp3) is 0.714.